The Morgan fingerprint density at radius 2 is 1.30 bits per heavy atom. The standard InChI is InChI=1S/C9H20S/c1-2-3-4-5-6-7-8-9-10/h10H,2-9H2,1H3/p-1. The van der Waals surface area contributed by atoms with E-state index in [4.69, 9.17) is 12.6 Å². The minimum absolute atomic E-state index is 0.952. The number of rotatable bonds is 7. The number of unbranched alkanes of at least 4 members (excludes halogenated alkanes) is 6. The lowest BCUT2D eigenvalue weighted by atomic mass is 10.1. The lowest BCUT2D eigenvalue weighted by Crippen LogP contribution is -1.81. The summed E-state index contributed by atoms with van der Waals surface area (Å²) >= 11 is 4.85. The predicted molar refractivity (Wildman–Crippen MR) is 50.2 cm³/mol. The van der Waals surface area contributed by atoms with Crippen LogP contribution in [-0.4, -0.2) is 5.75 Å². The largest absolute Gasteiger partial charge is 0.793 e. The molecule has 0 amide bonds. The van der Waals surface area contributed by atoms with E-state index in [1.807, 2.05) is 0 Å². The molecule has 0 aliphatic carbocycles. The summed E-state index contributed by atoms with van der Waals surface area (Å²) in [5, 5.41) is 0. The molecule has 1 heteroatoms. The normalized spacial score (nSPS) is 10.2. The van der Waals surface area contributed by atoms with Crippen LogP contribution in [-0.2, 0) is 12.6 Å². The predicted octanol–water partition coefficient (Wildman–Crippen LogP) is 3.28. The van der Waals surface area contributed by atoms with Crippen molar-refractivity contribution >= 4 is 12.6 Å². The fourth-order valence-corrected chi connectivity index (χ4v) is 1.26. The molecule has 0 fully saturated rings. The van der Waals surface area contributed by atoms with E-state index in [9.17, 15) is 0 Å². The Kier molecular flexibility index (Phi) is 9.68. The van der Waals surface area contributed by atoms with Gasteiger partial charge in [-0.1, -0.05) is 51.9 Å². The van der Waals surface area contributed by atoms with Gasteiger partial charge < -0.3 is 12.6 Å². The molecule has 0 aromatic rings. The third-order valence-corrected chi connectivity index (χ3v) is 2.04. The summed E-state index contributed by atoms with van der Waals surface area (Å²) in [5.41, 5.74) is 0. The van der Waals surface area contributed by atoms with Gasteiger partial charge in [0.1, 0.15) is 0 Å². The van der Waals surface area contributed by atoms with E-state index in [2.05, 4.69) is 6.92 Å². The molecule has 62 valence electrons. The van der Waals surface area contributed by atoms with Crippen LogP contribution in [0.15, 0.2) is 0 Å². The molecule has 0 nitrogen and oxygen atoms in total. The van der Waals surface area contributed by atoms with Crippen LogP contribution in [0.5, 0.6) is 0 Å². The number of hydrogen-bond donors (Lipinski definition) is 0. The van der Waals surface area contributed by atoms with Crippen LogP contribution in [0.25, 0.3) is 0 Å². The minimum atomic E-state index is 0.952. The van der Waals surface area contributed by atoms with Crippen molar-refractivity contribution in [1.29, 1.82) is 0 Å². The first-order valence-electron chi connectivity index (χ1n) is 4.50. The summed E-state index contributed by atoms with van der Waals surface area (Å²) in [5.74, 6) is 0.952. The molecule has 0 spiro atoms. The minimum Gasteiger partial charge on any atom is -0.793 e. The zero-order chi connectivity index (χ0) is 7.66. The fourth-order valence-electron chi connectivity index (χ4n) is 1.06. The molecule has 0 aromatic heterocycles. The summed E-state index contributed by atoms with van der Waals surface area (Å²) < 4.78 is 0. The van der Waals surface area contributed by atoms with Crippen molar-refractivity contribution < 1.29 is 0 Å². The molecule has 10 heavy (non-hydrogen) atoms. The molecule has 0 atom stereocenters. The highest BCUT2D eigenvalue weighted by molar-refractivity contribution is 7.58. The first kappa shape index (κ1) is 10.3. The second kappa shape index (κ2) is 9.35. The Bertz CT molecular complexity index is 44.7. The Balaban J connectivity index is 2.65. The SMILES string of the molecule is CCCCCCCCC[S-]. The summed E-state index contributed by atoms with van der Waals surface area (Å²) in [7, 11) is 0. The summed E-state index contributed by atoms with van der Waals surface area (Å²) in [6.45, 7) is 2.25. The number of hydrogen-bond acceptors (Lipinski definition) is 1. The third kappa shape index (κ3) is 8.35. The Morgan fingerprint density at radius 1 is 0.800 bits per heavy atom. The van der Waals surface area contributed by atoms with E-state index in [0.717, 1.165) is 5.75 Å². The first-order chi connectivity index (χ1) is 4.91. The molecular weight excluding hydrogens is 140 g/mol. The van der Waals surface area contributed by atoms with Crippen LogP contribution in [0.1, 0.15) is 51.9 Å². The second-order valence-corrected chi connectivity index (χ2v) is 3.23. The van der Waals surface area contributed by atoms with Gasteiger partial charge in [0.25, 0.3) is 0 Å². The summed E-state index contributed by atoms with van der Waals surface area (Å²) in [6.07, 6.45) is 9.61. The fraction of sp³-hybridized carbons (Fsp3) is 1.00. The zero-order valence-corrected chi connectivity index (χ0v) is 7.88. The van der Waals surface area contributed by atoms with E-state index in [1.54, 1.807) is 0 Å². The van der Waals surface area contributed by atoms with Crippen LogP contribution >= 0.6 is 0 Å². The van der Waals surface area contributed by atoms with Gasteiger partial charge in [-0.15, -0.1) is 0 Å². The van der Waals surface area contributed by atoms with Crippen LogP contribution in [0, 0.1) is 0 Å². The zero-order valence-electron chi connectivity index (χ0n) is 7.07. The molecule has 0 saturated heterocycles. The average Bonchev–Trinajstić information content (AvgIpc) is 1.97. The van der Waals surface area contributed by atoms with Crippen molar-refractivity contribution in [3.8, 4) is 0 Å². The highest BCUT2D eigenvalue weighted by atomic mass is 32.1. The molecule has 0 aliphatic heterocycles. The van der Waals surface area contributed by atoms with Crippen LogP contribution in [0.4, 0.5) is 0 Å². The van der Waals surface area contributed by atoms with E-state index in [0.29, 0.717) is 0 Å². The van der Waals surface area contributed by atoms with Gasteiger partial charge >= 0.3 is 0 Å². The Morgan fingerprint density at radius 3 is 1.80 bits per heavy atom. The van der Waals surface area contributed by atoms with Gasteiger partial charge in [0.2, 0.25) is 0 Å². The van der Waals surface area contributed by atoms with Gasteiger partial charge in [-0.2, -0.15) is 5.75 Å². The molecule has 0 aromatic carbocycles. The van der Waals surface area contributed by atoms with Gasteiger partial charge in [0.05, 0.1) is 0 Å². The lowest BCUT2D eigenvalue weighted by Gasteiger charge is -2.02. The molecule has 0 bridgehead atoms. The molecule has 0 radical (unpaired) electrons. The van der Waals surface area contributed by atoms with Gasteiger partial charge in [-0.25, -0.2) is 0 Å². The highest BCUT2D eigenvalue weighted by Crippen LogP contribution is 2.05. The van der Waals surface area contributed by atoms with Crippen molar-refractivity contribution in [1.82, 2.24) is 0 Å². The average molecular weight is 159 g/mol. The van der Waals surface area contributed by atoms with E-state index in [1.165, 1.54) is 44.9 Å². The summed E-state index contributed by atoms with van der Waals surface area (Å²) in [6, 6.07) is 0. The van der Waals surface area contributed by atoms with Crippen LogP contribution < -0.4 is 0 Å². The van der Waals surface area contributed by atoms with Gasteiger partial charge in [0, 0.05) is 0 Å². The monoisotopic (exact) mass is 159 g/mol. The van der Waals surface area contributed by atoms with Gasteiger partial charge in [-0.05, 0) is 0 Å². The van der Waals surface area contributed by atoms with Gasteiger partial charge in [-0.3, -0.25) is 0 Å². The van der Waals surface area contributed by atoms with Gasteiger partial charge in [0.15, 0.2) is 0 Å². The second-order valence-electron chi connectivity index (χ2n) is 2.83. The molecule has 0 N–H and O–H groups in total. The maximum absolute atomic E-state index is 4.85. The van der Waals surface area contributed by atoms with E-state index >= 15 is 0 Å². The lowest BCUT2D eigenvalue weighted by molar-refractivity contribution is 0.604. The van der Waals surface area contributed by atoms with E-state index in [-0.39, 0.29) is 0 Å². The molecule has 0 saturated carbocycles. The smallest absolute Gasteiger partial charge is 0.0533 e. The molecule has 0 aliphatic rings. The molecule has 0 rings (SSSR count). The van der Waals surface area contributed by atoms with Crippen LogP contribution in [0.3, 0.4) is 0 Å². The van der Waals surface area contributed by atoms with Crippen molar-refractivity contribution in [2.24, 2.45) is 0 Å². The van der Waals surface area contributed by atoms with Crippen molar-refractivity contribution in [3.05, 3.63) is 0 Å². The maximum Gasteiger partial charge on any atom is -0.0533 e. The first-order valence-corrected chi connectivity index (χ1v) is 5.07. The topological polar surface area (TPSA) is 0 Å². The quantitative estimate of drug-likeness (QED) is 0.406. The molecular formula is C9H19S-. The summed E-state index contributed by atoms with van der Waals surface area (Å²) in [4.78, 5) is 0. The Labute approximate surface area is 70.8 Å². The Hall–Kier alpha value is 0.350. The third-order valence-electron chi connectivity index (χ3n) is 1.75. The van der Waals surface area contributed by atoms with E-state index < -0.39 is 0 Å². The van der Waals surface area contributed by atoms with Crippen molar-refractivity contribution in [2.75, 3.05) is 5.75 Å². The van der Waals surface area contributed by atoms with Crippen LogP contribution in [0.2, 0.25) is 0 Å². The highest BCUT2D eigenvalue weighted by Gasteiger charge is 1.86. The maximum atomic E-state index is 4.85. The van der Waals surface area contributed by atoms with Crippen molar-refractivity contribution in [2.45, 2.75) is 51.9 Å². The molecule has 0 unspecified atom stereocenters. The molecule has 0 heterocycles. The van der Waals surface area contributed by atoms with Crippen molar-refractivity contribution in [3.63, 3.8) is 0 Å².